The number of aromatic nitrogens is 3. The molecule has 5 rings (SSSR count). The minimum atomic E-state index is -0.401. The summed E-state index contributed by atoms with van der Waals surface area (Å²) in [6.07, 6.45) is 12.3. The zero-order valence-electron chi connectivity index (χ0n) is 19.4. The van der Waals surface area contributed by atoms with Crippen LogP contribution in [0.2, 0.25) is 0 Å². The summed E-state index contributed by atoms with van der Waals surface area (Å²) in [4.78, 5) is 43.5. The van der Waals surface area contributed by atoms with Crippen molar-refractivity contribution in [3.05, 3.63) is 78.6 Å². The van der Waals surface area contributed by atoms with Crippen LogP contribution in [-0.4, -0.2) is 54.7 Å². The monoisotopic (exact) mass is 455 g/mol. The Morgan fingerprint density at radius 3 is 2.59 bits per heavy atom. The molecule has 1 aromatic carbocycles. The average Bonchev–Trinajstić information content (AvgIpc) is 3.21. The first-order valence-corrected chi connectivity index (χ1v) is 11.9. The molecule has 0 spiro atoms. The summed E-state index contributed by atoms with van der Waals surface area (Å²) in [5.41, 5.74) is 2.90. The zero-order chi connectivity index (χ0) is 23.5. The summed E-state index contributed by atoms with van der Waals surface area (Å²) in [6.45, 7) is 3.35. The van der Waals surface area contributed by atoms with Crippen molar-refractivity contribution in [2.75, 3.05) is 6.54 Å². The standard InChI is InChI=1S/C27H29N5O2/c1-27-11-12-31(26(34)22-13-21(14-28-15-22)23-16-29-19-30-17-23)24(27)9-5-6-10-25(33)32(27)18-20-7-3-2-4-8-20/h2-4,7-8,13-17,19,24H,5-6,9-12,18H2,1H3/t24-,27-/m0/s1. The molecule has 2 fully saturated rings. The van der Waals surface area contributed by atoms with Gasteiger partial charge in [0.15, 0.2) is 0 Å². The van der Waals surface area contributed by atoms with Gasteiger partial charge in [-0.1, -0.05) is 36.8 Å². The zero-order valence-corrected chi connectivity index (χ0v) is 19.4. The van der Waals surface area contributed by atoms with E-state index in [1.807, 2.05) is 34.1 Å². The maximum Gasteiger partial charge on any atom is 0.255 e. The van der Waals surface area contributed by atoms with Crippen LogP contribution in [0.5, 0.6) is 0 Å². The number of carbonyl (C=O) groups is 2. The molecule has 2 amide bonds. The summed E-state index contributed by atoms with van der Waals surface area (Å²) in [5.74, 6) is 0.144. The fourth-order valence-electron chi connectivity index (χ4n) is 5.43. The van der Waals surface area contributed by atoms with Gasteiger partial charge in [0.2, 0.25) is 5.91 Å². The van der Waals surface area contributed by atoms with Gasteiger partial charge in [-0.15, -0.1) is 0 Å². The summed E-state index contributed by atoms with van der Waals surface area (Å²) < 4.78 is 0. The van der Waals surface area contributed by atoms with Crippen molar-refractivity contribution in [2.24, 2.45) is 0 Å². The molecular formula is C27H29N5O2. The van der Waals surface area contributed by atoms with Crippen LogP contribution in [0.25, 0.3) is 11.1 Å². The maximum atomic E-state index is 13.7. The molecule has 3 aromatic rings. The Morgan fingerprint density at radius 1 is 1.03 bits per heavy atom. The highest BCUT2D eigenvalue weighted by Gasteiger charge is 2.51. The van der Waals surface area contributed by atoms with Gasteiger partial charge in [0.05, 0.1) is 17.1 Å². The van der Waals surface area contributed by atoms with Crippen LogP contribution in [0.4, 0.5) is 0 Å². The van der Waals surface area contributed by atoms with Crippen LogP contribution in [0.1, 0.15) is 54.9 Å². The molecule has 7 nitrogen and oxygen atoms in total. The van der Waals surface area contributed by atoms with Crippen molar-refractivity contribution in [3.63, 3.8) is 0 Å². The fraction of sp³-hybridized carbons (Fsp3) is 0.370. The van der Waals surface area contributed by atoms with Gasteiger partial charge < -0.3 is 9.80 Å². The van der Waals surface area contributed by atoms with Crippen molar-refractivity contribution in [2.45, 2.75) is 57.2 Å². The minimum absolute atomic E-state index is 0.0309. The van der Waals surface area contributed by atoms with Gasteiger partial charge in [-0.3, -0.25) is 14.6 Å². The van der Waals surface area contributed by atoms with E-state index < -0.39 is 5.54 Å². The molecule has 0 bridgehead atoms. The molecule has 0 saturated carbocycles. The number of hydrogen-bond donors (Lipinski definition) is 0. The van der Waals surface area contributed by atoms with E-state index in [0.29, 0.717) is 25.1 Å². The van der Waals surface area contributed by atoms with Gasteiger partial charge in [-0.25, -0.2) is 9.97 Å². The molecule has 4 heterocycles. The third kappa shape index (κ3) is 4.18. The van der Waals surface area contributed by atoms with E-state index >= 15 is 0 Å². The van der Waals surface area contributed by atoms with Crippen LogP contribution in [-0.2, 0) is 11.3 Å². The summed E-state index contributed by atoms with van der Waals surface area (Å²) in [7, 11) is 0. The van der Waals surface area contributed by atoms with Crippen LogP contribution >= 0.6 is 0 Å². The third-order valence-corrected chi connectivity index (χ3v) is 7.31. The molecule has 174 valence electrons. The number of benzene rings is 1. The molecule has 2 aliphatic heterocycles. The van der Waals surface area contributed by atoms with Gasteiger partial charge in [0, 0.05) is 55.4 Å². The normalized spacial score (nSPS) is 22.7. The van der Waals surface area contributed by atoms with Crippen LogP contribution in [0, 0.1) is 0 Å². The predicted molar refractivity (Wildman–Crippen MR) is 129 cm³/mol. The highest BCUT2D eigenvalue weighted by Crippen LogP contribution is 2.40. The Morgan fingerprint density at radius 2 is 1.79 bits per heavy atom. The van der Waals surface area contributed by atoms with Crippen molar-refractivity contribution in [3.8, 4) is 11.1 Å². The molecule has 0 N–H and O–H groups in total. The maximum absolute atomic E-state index is 13.7. The lowest BCUT2D eigenvalue weighted by atomic mass is 9.84. The first-order valence-electron chi connectivity index (χ1n) is 11.9. The van der Waals surface area contributed by atoms with E-state index in [-0.39, 0.29) is 17.9 Å². The lowest BCUT2D eigenvalue weighted by Gasteiger charge is -2.45. The second-order valence-electron chi connectivity index (χ2n) is 9.42. The molecule has 7 heteroatoms. The fourth-order valence-corrected chi connectivity index (χ4v) is 5.43. The van der Waals surface area contributed by atoms with Crippen LogP contribution in [0.3, 0.4) is 0 Å². The molecule has 2 atom stereocenters. The number of likely N-dealkylation sites (tertiary alicyclic amines) is 2. The van der Waals surface area contributed by atoms with Crippen LogP contribution in [0.15, 0.2) is 67.5 Å². The highest BCUT2D eigenvalue weighted by molar-refractivity contribution is 5.95. The SMILES string of the molecule is C[C@]12CCN(C(=O)c3cncc(-c4cncnc4)c3)[C@H]1CCCCC(=O)N2Cc1ccccc1. The Hall–Kier alpha value is -3.61. The minimum Gasteiger partial charge on any atom is -0.333 e. The average molecular weight is 456 g/mol. The predicted octanol–water partition coefficient (Wildman–Crippen LogP) is 4.11. The van der Waals surface area contributed by atoms with E-state index in [9.17, 15) is 9.59 Å². The molecule has 2 aliphatic rings. The Bertz CT molecular complexity index is 1170. The van der Waals surface area contributed by atoms with Gasteiger partial charge in [0.25, 0.3) is 5.91 Å². The second-order valence-corrected chi connectivity index (χ2v) is 9.42. The van der Waals surface area contributed by atoms with Crippen molar-refractivity contribution < 1.29 is 9.59 Å². The highest BCUT2D eigenvalue weighted by atomic mass is 16.2. The topological polar surface area (TPSA) is 79.3 Å². The second kappa shape index (κ2) is 9.33. The molecule has 0 radical (unpaired) electrons. The first kappa shape index (κ1) is 22.2. The molecule has 2 saturated heterocycles. The lowest BCUT2D eigenvalue weighted by Crippen LogP contribution is -2.58. The van der Waals surface area contributed by atoms with Gasteiger partial charge in [-0.2, -0.15) is 0 Å². The number of hydrogen-bond acceptors (Lipinski definition) is 5. The van der Waals surface area contributed by atoms with Gasteiger partial charge in [0.1, 0.15) is 6.33 Å². The van der Waals surface area contributed by atoms with E-state index in [1.165, 1.54) is 6.33 Å². The lowest BCUT2D eigenvalue weighted by molar-refractivity contribution is -0.140. The smallest absolute Gasteiger partial charge is 0.255 e. The molecular weight excluding hydrogens is 426 g/mol. The van der Waals surface area contributed by atoms with E-state index in [4.69, 9.17) is 0 Å². The molecule has 2 aromatic heterocycles. The number of nitrogens with zero attached hydrogens (tertiary/aromatic N) is 5. The number of amides is 2. The summed E-state index contributed by atoms with van der Waals surface area (Å²) >= 11 is 0. The van der Waals surface area contributed by atoms with E-state index in [0.717, 1.165) is 42.4 Å². The largest absolute Gasteiger partial charge is 0.333 e. The Balaban J connectivity index is 1.44. The summed E-state index contributed by atoms with van der Waals surface area (Å²) in [5, 5.41) is 0. The first-order chi connectivity index (χ1) is 16.6. The molecule has 0 unspecified atom stereocenters. The summed E-state index contributed by atoms with van der Waals surface area (Å²) in [6, 6.07) is 12.0. The Labute approximate surface area is 199 Å². The quantitative estimate of drug-likeness (QED) is 0.591. The van der Waals surface area contributed by atoms with Crippen molar-refractivity contribution >= 4 is 11.8 Å². The molecule has 34 heavy (non-hydrogen) atoms. The third-order valence-electron chi connectivity index (χ3n) is 7.31. The number of rotatable bonds is 4. The molecule has 0 aliphatic carbocycles. The Kier molecular flexibility index (Phi) is 6.09. The van der Waals surface area contributed by atoms with E-state index in [2.05, 4.69) is 34.0 Å². The van der Waals surface area contributed by atoms with Crippen molar-refractivity contribution in [1.82, 2.24) is 24.8 Å². The van der Waals surface area contributed by atoms with Crippen LogP contribution < -0.4 is 0 Å². The number of pyridine rings is 1. The van der Waals surface area contributed by atoms with Gasteiger partial charge >= 0.3 is 0 Å². The number of carbonyl (C=O) groups excluding carboxylic acids is 2. The van der Waals surface area contributed by atoms with Crippen molar-refractivity contribution in [1.29, 1.82) is 0 Å². The number of fused-ring (bicyclic) bond motifs is 1. The van der Waals surface area contributed by atoms with Gasteiger partial charge in [-0.05, 0) is 37.8 Å². The van der Waals surface area contributed by atoms with E-state index in [1.54, 1.807) is 24.8 Å².